The predicted molar refractivity (Wildman–Crippen MR) is 131 cm³/mol. The van der Waals surface area contributed by atoms with Gasteiger partial charge in [0, 0.05) is 43.6 Å². The summed E-state index contributed by atoms with van der Waals surface area (Å²) < 4.78 is 5.78. The van der Waals surface area contributed by atoms with Crippen LogP contribution in [0.2, 0.25) is 0 Å². The topological polar surface area (TPSA) is 62.7 Å². The van der Waals surface area contributed by atoms with Gasteiger partial charge in [-0.05, 0) is 56.4 Å². The fraction of sp³-hybridized carbons (Fsp3) is 0.500. The Morgan fingerprint density at radius 2 is 1.73 bits per heavy atom. The third-order valence-corrected chi connectivity index (χ3v) is 7.25. The minimum absolute atomic E-state index is 0.00917. The highest BCUT2D eigenvalue weighted by Gasteiger charge is 2.29. The highest BCUT2D eigenvalue weighted by molar-refractivity contribution is 7.09. The molecule has 0 radical (unpaired) electrons. The number of carbonyl (C=O) groups is 2. The molecule has 0 aliphatic carbocycles. The van der Waals surface area contributed by atoms with Crippen LogP contribution in [0, 0.1) is 12.8 Å². The third-order valence-electron chi connectivity index (χ3n) is 6.43. The van der Waals surface area contributed by atoms with Gasteiger partial charge in [0.15, 0.2) is 0 Å². The van der Waals surface area contributed by atoms with Gasteiger partial charge < -0.3 is 14.5 Å². The molecule has 33 heavy (non-hydrogen) atoms. The molecule has 2 saturated heterocycles. The van der Waals surface area contributed by atoms with E-state index in [0.29, 0.717) is 25.6 Å². The average Bonchev–Trinajstić information content (AvgIpc) is 3.08. The van der Waals surface area contributed by atoms with Gasteiger partial charge in [-0.3, -0.25) is 9.59 Å². The highest BCUT2D eigenvalue weighted by atomic mass is 32.1. The van der Waals surface area contributed by atoms with Crippen molar-refractivity contribution in [1.82, 2.24) is 14.8 Å². The van der Waals surface area contributed by atoms with E-state index in [-0.39, 0.29) is 11.8 Å². The molecule has 3 heterocycles. The zero-order valence-electron chi connectivity index (χ0n) is 19.4. The minimum atomic E-state index is 0.00917. The number of ether oxygens (including phenoxy) is 1. The van der Waals surface area contributed by atoms with E-state index in [1.807, 2.05) is 47.5 Å². The van der Waals surface area contributed by atoms with Crippen molar-refractivity contribution in [3.8, 4) is 5.75 Å². The minimum Gasteiger partial charge on any atom is -0.487 e. The largest absolute Gasteiger partial charge is 0.487 e. The van der Waals surface area contributed by atoms with Crippen LogP contribution >= 0.6 is 11.3 Å². The lowest BCUT2D eigenvalue weighted by Gasteiger charge is -2.33. The molecule has 2 fully saturated rings. The van der Waals surface area contributed by atoms with Gasteiger partial charge in [0.25, 0.3) is 0 Å². The molecule has 1 aromatic carbocycles. The van der Waals surface area contributed by atoms with Crippen LogP contribution < -0.4 is 4.74 Å². The molecule has 0 spiro atoms. The molecule has 4 rings (SSSR count). The van der Waals surface area contributed by atoms with Gasteiger partial charge in [-0.15, -0.1) is 11.3 Å². The Morgan fingerprint density at radius 1 is 1.03 bits per heavy atom. The zero-order valence-corrected chi connectivity index (χ0v) is 20.2. The Morgan fingerprint density at radius 3 is 2.36 bits per heavy atom. The predicted octanol–water partition coefficient (Wildman–Crippen LogP) is 4.68. The summed E-state index contributed by atoms with van der Waals surface area (Å²) in [5.74, 6) is 1.15. The van der Waals surface area contributed by atoms with Gasteiger partial charge in [-0.25, -0.2) is 4.98 Å². The molecule has 0 atom stereocenters. The number of aromatic nitrogens is 1. The first-order chi connectivity index (χ1) is 16.1. The number of likely N-dealkylation sites (tertiary alicyclic amines) is 2. The molecule has 1 aromatic heterocycles. The highest BCUT2D eigenvalue weighted by Crippen LogP contribution is 2.22. The quantitative estimate of drug-likeness (QED) is 0.579. The number of hydrogen-bond acceptors (Lipinski definition) is 5. The fourth-order valence-electron chi connectivity index (χ4n) is 4.48. The van der Waals surface area contributed by atoms with Gasteiger partial charge in [0.2, 0.25) is 11.8 Å². The second-order valence-electron chi connectivity index (χ2n) is 8.89. The Balaban J connectivity index is 1.22. The van der Waals surface area contributed by atoms with E-state index in [1.165, 1.54) is 12.8 Å². The lowest BCUT2D eigenvalue weighted by molar-refractivity contribution is -0.139. The molecule has 0 bridgehead atoms. The Bertz CT molecular complexity index is 953. The van der Waals surface area contributed by atoms with E-state index in [2.05, 4.69) is 9.88 Å². The summed E-state index contributed by atoms with van der Waals surface area (Å²) >= 11 is 1.62. The number of nitrogens with zero attached hydrogens (tertiary/aromatic N) is 3. The van der Waals surface area contributed by atoms with Crippen molar-refractivity contribution in [2.24, 2.45) is 5.92 Å². The monoisotopic (exact) mass is 467 g/mol. The van der Waals surface area contributed by atoms with Crippen molar-refractivity contribution >= 4 is 29.2 Å². The van der Waals surface area contributed by atoms with Crippen LogP contribution in [0.25, 0.3) is 6.08 Å². The van der Waals surface area contributed by atoms with Crippen LogP contribution in [0.5, 0.6) is 5.75 Å². The van der Waals surface area contributed by atoms with E-state index in [9.17, 15) is 9.59 Å². The summed E-state index contributed by atoms with van der Waals surface area (Å²) in [6.07, 6.45) is 9.68. The normalized spacial score (nSPS) is 17.8. The lowest BCUT2D eigenvalue weighted by Crippen LogP contribution is -2.44. The summed E-state index contributed by atoms with van der Waals surface area (Å²) in [5, 5.41) is 3.04. The standard InChI is InChI=1S/C26H33N3O3S/c1-20-27-23(19-33-20)18-32-24-9-6-21(7-10-24)8-11-25(30)28-16-12-22(13-17-28)26(31)29-14-4-2-3-5-15-29/h6-11,19,22H,2-5,12-18H2,1H3/b11-8+. The summed E-state index contributed by atoms with van der Waals surface area (Å²) in [4.78, 5) is 33.8. The number of hydrogen-bond donors (Lipinski definition) is 0. The maximum absolute atomic E-state index is 12.8. The summed E-state index contributed by atoms with van der Waals surface area (Å²) in [5.41, 5.74) is 1.88. The molecule has 0 N–H and O–H groups in total. The van der Waals surface area contributed by atoms with Crippen molar-refractivity contribution in [3.63, 3.8) is 0 Å². The number of piperidine rings is 1. The van der Waals surface area contributed by atoms with E-state index < -0.39 is 0 Å². The maximum atomic E-state index is 12.8. The van der Waals surface area contributed by atoms with Gasteiger partial charge in [0.05, 0.1) is 10.7 Å². The van der Waals surface area contributed by atoms with Crippen LogP contribution in [0.1, 0.15) is 54.8 Å². The molecule has 176 valence electrons. The van der Waals surface area contributed by atoms with Crippen LogP contribution in [-0.4, -0.2) is 52.8 Å². The van der Waals surface area contributed by atoms with Gasteiger partial charge in [-0.1, -0.05) is 25.0 Å². The summed E-state index contributed by atoms with van der Waals surface area (Å²) in [7, 11) is 0. The van der Waals surface area contributed by atoms with Gasteiger partial charge in [-0.2, -0.15) is 0 Å². The van der Waals surface area contributed by atoms with Crippen LogP contribution in [-0.2, 0) is 16.2 Å². The number of benzene rings is 1. The maximum Gasteiger partial charge on any atom is 0.246 e. The molecule has 2 amide bonds. The van der Waals surface area contributed by atoms with Crippen molar-refractivity contribution in [2.45, 2.75) is 52.1 Å². The number of carbonyl (C=O) groups excluding carboxylic acids is 2. The lowest BCUT2D eigenvalue weighted by atomic mass is 9.95. The first-order valence-electron chi connectivity index (χ1n) is 12.0. The number of aryl methyl sites for hydroxylation is 1. The van der Waals surface area contributed by atoms with Crippen molar-refractivity contribution < 1.29 is 14.3 Å². The molecular weight excluding hydrogens is 434 g/mol. The average molecular weight is 468 g/mol. The Hall–Kier alpha value is -2.67. The van der Waals surface area contributed by atoms with E-state index in [0.717, 1.165) is 60.8 Å². The summed E-state index contributed by atoms with van der Waals surface area (Å²) in [6, 6.07) is 7.70. The zero-order chi connectivity index (χ0) is 23.0. The third kappa shape index (κ3) is 6.67. The second-order valence-corrected chi connectivity index (χ2v) is 9.95. The second kappa shape index (κ2) is 11.5. The van der Waals surface area contributed by atoms with Crippen molar-refractivity contribution in [2.75, 3.05) is 26.2 Å². The van der Waals surface area contributed by atoms with Gasteiger partial charge in [0.1, 0.15) is 12.4 Å². The molecule has 6 nitrogen and oxygen atoms in total. The molecular formula is C26H33N3O3S. The van der Waals surface area contributed by atoms with E-state index >= 15 is 0 Å². The smallest absolute Gasteiger partial charge is 0.246 e. The summed E-state index contributed by atoms with van der Waals surface area (Å²) in [6.45, 7) is 5.53. The molecule has 0 saturated carbocycles. The number of thiazole rings is 1. The Kier molecular flexibility index (Phi) is 8.15. The first kappa shape index (κ1) is 23.5. The van der Waals surface area contributed by atoms with E-state index in [4.69, 9.17) is 4.74 Å². The van der Waals surface area contributed by atoms with Crippen molar-refractivity contribution in [1.29, 1.82) is 0 Å². The molecule has 2 aliphatic rings. The Labute approximate surface area is 200 Å². The number of amides is 2. The van der Waals surface area contributed by atoms with Crippen molar-refractivity contribution in [3.05, 3.63) is 52.0 Å². The number of rotatable bonds is 6. The first-order valence-corrected chi connectivity index (χ1v) is 12.9. The molecule has 2 aromatic rings. The molecule has 0 unspecified atom stereocenters. The molecule has 7 heteroatoms. The van der Waals surface area contributed by atoms with Crippen LogP contribution in [0.15, 0.2) is 35.7 Å². The van der Waals surface area contributed by atoms with E-state index in [1.54, 1.807) is 17.4 Å². The van der Waals surface area contributed by atoms with Gasteiger partial charge >= 0.3 is 0 Å². The molecule has 2 aliphatic heterocycles. The SMILES string of the molecule is Cc1nc(COc2ccc(/C=C/C(=O)N3CCC(C(=O)N4CCCCCC4)CC3)cc2)cs1. The fourth-order valence-corrected chi connectivity index (χ4v) is 5.07. The van der Waals surface area contributed by atoms with Crippen LogP contribution in [0.4, 0.5) is 0 Å². The van der Waals surface area contributed by atoms with Crippen LogP contribution in [0.3, 0.4) is 0 Å².